The maximum Gasteiger partial charge on any atom is 0.326 e. The summed E-state index contributed by atoms with van der Waals surface area (Å²) in [7, 11) is 1.83. The molecule has 0 spiro atoms. The number of likely N-dealkylation sites (N-methyl/N-ethyl adjacent to an activating group) is 1. The van der Waals surface area contributed by atoms with E-state index in [1.165, 1.54) is 6.20 Å². The number of nitrogens with two attached hydrogens (primary N) is 2. The van der Waals surface area contributed by atoms with Gasteiger partial charge in [-0.15, -0.1) is 0 Å². The fourth-order valence-corrected chi connectivity index (χ4v) is 3.84. The number of carbonyl (C=O) groups excluding carboxylic acids is 1. The minimum absolute atomic E-state index is 0.0774. The standard InChI is InChI=1S/C18H22N8O5S/c1-26(5-4-8-6-21-14-12(8)13(19)24-18(20)25-14)10-7-22-16(32-10)15(29)23-9(17(30)31)2-3-11(27)28/h6-7,9H,2-5H2,1H3,(H,23,29)(H,27,28)(H,30,31)(H5,19,20,21,24,25)/t9-/m0/s1. The molecule has 0 radical (unpaired) electrons. The minimum atomic E-state index is -1.31. The zero-order valence-electron chi connectivity index (χ0n) is 17.0. The Morgan fingerprint density at radius 3 is 2.72 bits per heavy atom. The predicted molar refractivity (Wildman–Crippen MR) is 118 cm³/mol. The largest absolute Gasteiger partial charge is 0.481 e. The Bertz CT molecular complexity index is 1160. The highest BCUT2D eigenvalue weighted by Crippen LogP contribution is 2.26. The Balaban J connectivity index is 1.63. The lowest BCUT2D eigenvalue weighted by atomic mass is 10.1. The lowest BCUT2D eigenvalue weighted by Crippen LogP contribution is -2.41. The number of amides is 1. The second-order valence-corrected chi connectivity index (χ2v) is 7.99. The first kappa shape index (κ1) is 22.7. The summed E-state index contributed by atoms with van der Waals surface area (Å²) in [5.74, 6) is -2.75. The number of fused-ring (bicyclic) bond motifs is 1. The van der Waals surface area contributed by atoms with Crippen molar-refractivity contribution >= 4 is 57.0 Å². The summed E-state index contributed by atoms with van der Waals surface area (Å²) in [6, 6.07) is -1.31. The van der Waals surface area contributed by atoms with Crippen LogP contribution in [0.1, 0.15) is 28.2 Å². The van der Waals surface area contributed by atoms with Crippen molar-refractivity contribution in [3.63, 3.8) is 0 Å². The Morgan fingerprint density at radius 2 is 2.03 bits per heavy atom. The van der Waals surface area contributed by atoms with E-state index in [0.717, 1.165) is 16.9 Å². The normalized spacial score (nSPS) is 11.9. The van der Waals surface area contributed by atoms with Crippen LogP contribution >= 0.6 is 11.3 Å². The van der Waals surface area contributed by atoms with Crippen molar-refractivity contribution in [1.82, 2.24) is 25.3 Å². The lowest BCUT2D eigenvalue weighted by Gasteiger charge is -2.16. The van der Waals surface area contributed by atoms with Gasteiger partial charge >= 0.3 is 11.9 Å². The van der Waals surface area contributed by atoms with Crippen LogP contribution in [0.2, 0.25) is 0 Å². The molecule has 170 valence electrons. The fourth-order valence-electron chi connectivity index (χ4n) is 3.03. The molecule has 0 unspecified atom stereocenters. The molecule has 14 heteroatoms. The molecule has 0 aliphatic rings. The van der Waals surface area contributed by atoms with Crippen LogP contribution in [0.25, 0.3) is 11.0 Å². The third-order valence-corrected chi connectivity index (χ3v) is 5.80. The maximum atomic E-state index is 12.4. The van der Waals surface area contributed by atoms with Crippen LogP contribution in [0.5, 0.6) is 0 Å². The minimum Gasteiger partial charge on any atom is -0.481 e. The third kappa shape index (κ3) is 5.21. The highest BCUT2D eigenvalue weighted by atomic mass is 32.1. The predicted octanol–water partition coefficient (Wildman–Crippen LogP) is 0.306. The van der Waals surface area contributed by atoms with Crippen LogP contribution in [0.3, 0.4) is 0 Å². The first-order valence-electron chi connectivity index (χ1n) is 9.47. The molecule has 1 atom stereocenters. The summed E-state index contributed by atoms with van der Waals surface area (Å²) in [5.41, 5.74) is 13.0. The summed E-state index contributed by atoms with van der Waals surface area (Å²) in [6.45, 7) is 0.566. The van der Waals surface area contributed by atoms with Gasteiger partial charge in [-0.2, -0.15) is 9.97 Å². The number of H-pyrrole nitrogens is 1. The number of hydrogen-bond acceptors (Lipinski definition) is 10. The van der Waals surface area contributed by atoms with E-state index in [1.807, 2.05) is 11.9 Å². The first-order chi connectivity index (χ1) is 15.2. The highest BCUT2D eigenvalue weighted by Gasteiger charge is 2.23. The quantitative estimate of drug-likeness (QED) is 0.241. The van der Waals surface area contributed by atoms with Gasteiger partial charge in [-0.3, -0.25) is 9.59 Å². The van der Waals surface area contributed by atoms with E-state index in [-0.39, 0.29) is 23.8 Å². The zero-order chi connectivity index (χ0) is 23.4. The summed E-state index contributed by atoms with van der Waals surface area (Å²) in [4.78, 5) is 51.4. The number of nitrogens with zero attached hydrogens (tertiary/aromatic N) is 4. The molecule has 3 aromatic heterocycles. The molecule has 32 heavy (non-hydrogen) atoms. The van der Waals surface area contributed by atoms with Gasteiger partial charge < -0.3 is 36.9 Å². The van der Waals surface area contributed by atoms with Gasteiger partial charge in [-0.1, -0.05) is 11.3 Å². The molecule has 0 saturated carbocycles. The van der Waals surface area contributed by atoms with Crippen molar-refractivity contribution in [1.29, 1.82) is 0 Å². The molecule has 3 rings (SSSR count). The van der Waals surface area contributed by atoms with Crippen LogP contribution in [0.4, 0.5) is 16.8 Å². The number of rotatable bonds is 10. The summed E-state index contributed by atoms with van der Waals surface area (Å²) in [6.07, 6.45) is 3.30. The van der Waals surface area contributed by atoms with Crippen LogP contribution in [-0.4, -0.2) is 67.6 Å². The van der Waals surface area contributed by atoms with Crippen LogP contribution in [0.15, 0.2) is 12.4 Å². The Hall–Kier alpha value is -3.94. The number of aromatic nitrogens is 4. The van der Waals surface area contributed by atoms with Gasteiger partial charge in [0.1, 0.15) is 22.5 Å². The smallest absolute Gasteiger partial charge is 0.326 e. The number of aliphatic carboxylic acids is 2. The first-order valence-corrected chi connectivity index (χ1v) is 10.3. The second kappa shape index (κ2) is 9.47. The van der Waals surface area contributed by atoms with E-state index in [1.54, 1.807) is 6.20 Å². The van der Waals surface area contributed by atoms with E-state index >= 15 is 0 Å². The average molecular weight is 462 g/mol. The molecule has 0 saturated heterocycles. The van der Waals surface area contributed by atoms with Crippen molar-refractivity contribution in [2.75, 3.05) is 30.0 Å². The molecule has 0 bridgehead atoms. The average Bonchev–Trinajstić information content (AvgIpc) is 3.36. The monoisotopic (exact) mass is 462 g/mol. The van der Waals surface area contributed by atoms with Crippen molar-refractivity contribution in [3.8, 4) is 0 Å². The van der Waals surface area contributed by atoms with Crippen LogP contribution in [0, 0.1) is 0 Å². The molecule has 3 aromatic rings. The Kier molecular flexibility index (Phi) is 6.73. The fraction of sp³-hybridized carbons (Fsp3) is 0.333. The SMILES string of the molecule is CN(CCc1c[nH]c2nc(N)nc(N)c12)c1cnc(C(=O)N[C@@H](CCC(=O)O)C(=O)O)s1. The zero-order valence-corrected chi connectivity index (χ0v) is 17.8. The number of hydrogen-bond donors (Lipinski definition) is 6. The second-order valence-electron chi connectivity index (χ2n) is 6.98. The van der Waals surface area contributed by atoms with Gasteiger partial charge in [0.2, 0.25) is 5.95 Å². The number of thiazole rings is 1. The molecule has 0 aromatic carbocycles. The van der Waals surface area contributed by atoms with Crippen molar-refractivity contribution < 1.29 is 24.6 Å². The van der Waals surface area contributed by atoms with Gasteiger partial charge in [0.15, 0.2) is 5.01 Å². The van der Waals surface area contributed by atoms with Gasteiger partial charge in [0.05, 0.1) is 11.6 Å². The number of nitrogen functional groups attached to an aromatic ring is 2. The number of carboxylic acid groups (broad SMARTS) is 2. The molecule has 0 aliphatic heterocycles. The number of anilines is 3. The molecule has 0 aliphatic carbocycles. The van der Waals surface area contributed by atoms with E-state index in [0.29, 0.717) is 34.8 Å². The summed E-state index contributed by atoms with van der Waals surface area (Å²) >= 11 is 1.09. The van der Waals surface area contributed by atoms with E-state index in [9.17, 15) is 19.5 Å². The molecule has 8 N–H and O–H groups in total. The number of carbonyl (C=O) groups is 3. The summed E-state index contributed by atoms with van der Waals surface area (Å²) < 4.78 is 0. The number of aromatic amines is 1. The molecule has 1 amide bonds. The highest BCUT2D eigenvalue weighted by molar-refractivity contribution is 7.17. The Morgan fingerprint density at radius 1 is 1.28 bits per heavy atom. The maximum absolute atomic E-state index is 12.4. The van der Waals surface area contributed by atoms with Crippen molar-refractivity contribution in [2.45, 2.75) is 25.3 Å². The lowest BCUT2D eigenvalue weighted by molar-refractivity contribution is -0.140. The van der Waals surface area contributed by atoms with Gasteiger partial charge in [0, 0.05) is 26.2 Å². The molecular weight excluding hydrogens is 440 g/mol. The van der Waals surface area contributed by atoms with Gasteiger partial charge in [-0.05, 0) is 18.4 Å². The van der Waals surface area contributed by atoms with E-state index in [2.05, 4.69) is 25.3 Å². The molecular formula is C18H22N8O5S. The van der Waals surface area contributed by atoms with Gasteiger partial charge in [0.25, 0.3) is 5.91 Å². The topological polar surface area (TPSA) is 213 Å². The molecule has 3 heterocycles. The molecule has 0 fully saturated rings. The van der Waals surface area contributed by atoms with Gasteiger partial charge in [-0.25, -0.2) is 9.78 Å². The van der Waals surface area contributed by atoms with Crippen LogP contribution < -0.4 is 21.7 Å². The Labute approximate surface area is 185 Å². The molecule has 13 nitrogen and oxygen atoms in total. The van der Waals surface area contributed by atoms with Crippen molar-refractivity contribution in [3.05, 3.63) is 23.0 Å². The van der Waals surface area contributed by atoms with Crippen LogP contribution in [-0.2, 0) is 16.0 Å². The summed E-state index contributed by atoms with van der Waals surface area (Å²) in [5, 5.41) is 21.7. The van der Waals surface area contributed by atoms with E-state index < -0.39 is 23.9 Å². The number of nitrogens with one attached hydrogen (secondary N) is 2. The number of carboxylic acids is 2. The third-order valence-electron chi connectivity index (χ3n) is 4.69. The van der Waals surface area contributed by atoms with Crippen molar-refractivity contribution in [2.24, 2.45) is 0 Å². The van der Waals surface area contributed by atoms with E-state index in [4.69, 9.17) is 16.6 Å².